The molecule has 1 aliphatic heterocycles. The van der Waals surface area contributed by atoms with Crippen LogP contribution in [0.25, 0.3) is 0 Å². The van der Waals surface area contributed by atoms with Crippen LogP contribution in [0, 0.1) is 0 Å². The third-order valence-electron chi connectivity index (χ3n) is 3.69. The molecule has 0 radical (unpaired) electrons. The lowest BCUT2D eigenvalue weighted by Crippen LogP contribution is -2.39. The van der Waals surface area contributed by atoms with Gasteiger partial charge in [0, 0.05) is 12.1 Å². The van der Waals surface area contributed by atoms with E-state index in [9.17, 15) is 5.11 Å². The number of rotatable bonds is 3. The van der Waals surface area contributed by atoms with Crippen molar-refractivity contribution in [2.75, 3.05) is 7.11 Å². The van der Waals surface area contributed by atoms with Crippen LogP contribution < -0.4 is 4.74 Å². The van der Waals surface area contributed by atoms with E-state index in [4.69, 9.17) is 4.74 Å². The summed E-state index contributed by atoms with van der Waals surface area (Å²) in [5.74, 6) is 0.628. The fraction of sp³-hybridized carbons (Fsp3) is 0.533. The summed E-state index contributed by atoms with van der Waals surface area (Å²) >= 11 is 0. The van der Waals surface area contributed by atoms with Gasteiger partial charge in [0.1, 0.15) is 0 Å². The van der Waals surface area contributed by atoms with Gasteiger partial charge in [-0.2, -0.15) is 5.10 Å². The maximum absolute atomic E-state index is 9.73. The number of hydrogen-bond acceptors (Lipinski definition) is 4. The van der Waals surface area contributed by atoms with Gasteiger partial charge < -0.3 is 9.84 Å². The van der Waals surface area contributed by atoms with Crippen LogP contribution in [-0.2, 0) is 0 Å². The second-order valence-electron chi connectivity index (χ2n) is 5.18. The Balaban J connectivity index is 2.11. The number of hydrogen-bond donors (Lipinski definition) is 1. The average Bonchev–Trinajstić information content (AvgIpc) is 2.38. The topological polar surface area (TPSA) is 45.1 Å². The summed E-state index contributed by atoms with van der Waals surface area (Å²) in [6.45, 7) is 4.41. The highest BCUT2D eigenvalue weighted by molar-refractivity contribution is 5.80. The highest BCUT2D eigenvalue weighted by Gasteiger charge is 2.22. The van der Waals surface area contributed by atoms with Gasteiger partial charge >= 0.3 is 0 Å². The largest absolute Gasteiger partial charge is 0.504 e. The molecule has 0 spiro atoms. The zero-order chi connectivity index (χ0) is 13.8. The van der Waals surface area contributed by atoms with Gasteiger partial charge in [0.15, 0.2) is 11.5 Å². The van der Waals surface area contributed by atoms with Crippen LogP contribution in [-0.4, -0.2) is 35.5 Å². The lowest BCUT2D eigenvalue weighted by Gasteiger charge is -2.36. The van der Waals surface area contributed by atoms with E-state index in [1.165, 1.54) is 19.3 Å². The number of ether oxygens (including phenoxy) is 1. The zero-order valence-electron chi connectivity index (χ0n) is 11.8. The Morgan fingerprint density at radius 3 is 2.58 bits per heavy atom. The molecule has 0 aromatic heterocycles. The van der Waals surface area contributed by atoms with Crippen molar-refractivity contribution in [3.8, 4) is 11.5 Å². The Hall–Kier alpha value is -1.71. The molecule has 4 nitrogen and oxygen atoms in total. The number of phenols is 1. The molecule has 1 aromatic carbocycles. The molecule has 0 unspecified atom stereocenters. The van der Waals surface area contributed by atoms with Crippen LogP contribution in [0.4, 0.5) is 0 Å². The number of nitrogens with zero attached hydrogens (tertiary/aromatic N) is 2. The predicted octanol–water partition coefficient (Wildman–Crippen LogP) is 3.00. The first kappa shape index (κ1) is 13.7. The first-order valence-corrected chi connectivity index (χ1v) is 6.81. The summed E-state index contributed by atoms with van der Waals surface area (Å²) in [4.78, 5) is 0. The smallest absolute Gasteiger partial charge is 0.160 e. The van der Waals surface area contributed by atoms with Crippen molar-refractivity contribution in [2.45, 2.75) is 45.2 Å². The van der Waals surface area contributed by atoms with E-state index in [-0.39, 0.29) is 5.75 Å². The maximum atomic E-state index is 9.73. The van der Waals surface area contributed by atoms with Crippen molar-refractivity contribution in [1.29, 1.82) is 0 Å². The summed E-state index contributed by atoms with van der Waals surface area (Å²) in [6.07, 6.45) is 5.46. The number of methoxy groups -OCH3 is 1. The Morgan fingerprint density at radius 1 is 1.32 bits per heavy atom. The van der Waals surface area contributed by atoms with Crippen molar-refractivity contribution < 1.29 is 9.84 Å². The molecule has 0 aliphatic carbocycles. The summed E-state index contributed by atoms with van der Waals surface area (Å²) in [5, 5.41) is 16.5. The van der Waals surface area contributed by atoms with Crippen LogP contribution in [0.1, 0.15) is 38.7 Å². The van der Waals surface area contributed by atoms with Gasteiger partial charge in [-0.1, -0.05) is 0 Å². The second-order valence-corrected chi connectivity index (χ2v) is 5.18. The van der Waals surface area contributed by atoms with E-state index in [2.05, 4.69) is 24.0 Å². The summed E-state index contributed by atoms with van der Waals surface area (Å²) in [7, 11) is 1.54. The van der Waals surface area contributed by atoms with Gasteiger partial charge in [-0.15, -0.1) is 0 Å². The monoisotopic (exact) mass is 262 g/mol. The second kappa shape index (κ2) is 5.95. The molecule has 1 aromatic rings. The molecule has 1 heterocycles. The minimum atomic E-state index is 0.145. The molecule has 2 rings (SSSR count). The number of benzene rings is 1. The maximum Gasteiger partial charge on any atom is 0.160 e. The Kier molecular flexibility index (Phi) is 4.30. The predicted molar refractivity (Wildman–Crippen MR) is 76.9 cm³/mol. The van der Waals surface area contributed by atoms with Gasteiger partial charge in [-0.3, -0.25) is 5.01 Å². The molecule has 1 aliphatic rings. The van der Waals surface area contributed by atoms with Crippen LogP contribution in [0.2, 0.25) is 0 Å². The highest BCUT2D eigenvalue weighted by atomic mass is 16.5. The Bertz CT molecular complexity index is 449. The fourth-order valence-electron chi connectivity index (χ4n) is 2.56. The van der Waals surface area contributed by atoms with Crippen molar-refractivity contribution in [3.63, 3.8) is 0 Å². The first-order chi connectivity index (χ1) is 9.11. The number of hydrazone groups is 1. The fourth-order valence-corrected chi connectivity index (χ4v) is 2.56. The first-order valence-electron chi connectivity index (χ1n) is 6.81. The zero-order valence-corrected chi connectivity index (χ0v) is 11.8. The van der Waals surface area contributed by atoms with Gasteiger partial charge in [0.05, 0.1) is 13.3 Å². The molecule has 1 N–H and O–H groups in total. The summed E-state index contributed by atoms with van der Waals surface area (Å²) in [5.41, 5.74) is 0.878. The number of phenolic OH excluding ortho intramolecular Hbond substituents is 1. The molecule has 0 amide bonds. The quantitative estimate of drug-likeness (QED) is 0.852. The van der Waals surface area contributed by atoms with E-state index >= 15 is 0 Å². The van der Waals surface area contributed by atoms with Crippen LogP contribution in [0.15, 0.2) is 23.3 Å². The van der Waals surface area contributed by atoms with Crippen LogP contribution in [0.5, 0.6) is 11.5 Å². The Morgan fingerprint density at radius 2 is 2.00 bits per heavy atom. The van der Waals surface area contributed by atoms with E-state index < -0.39 is 0 Å². The van der Waals surface area contributed by atoms with Crippen LogP contribution >= 0.6 is 0 Å². The molecular formula is C15H22N2O2. The van der Waals surface area contributed by atoms with Crippen molar-refractivity contribution >= 4 is 6.21 Å². The van der Waals surface area contributed by atoms with Gasteiger partial charge in [0.25, 0.3) is 0 Å². The molecule has 1 fully saturated rings. The molecule has 4 heteroatoms. The molecule has 0 saturated carbocycles. The van der Waals surface area contributed by atoms with Gasteiger partial charge in [-0.05, 0) is 56.9 Å². The van der Waals surface area contributed by atoms with Crippen molar-refractivity contribution in [2.24, 2.45) is 5.10 Å². The normalized spacial score (nSPS) is 23.8. The van der Waals surface area contributed by atoms with E-state index in [1.807, 2.05) is 6.07 Å². The molecule has 0 bridgehead atoms. The molecule has 1 saturated heterocycles. The minimum absolute atomic E-state index is 0.145. The molecule has 104 valence electrons. The average molecular weight is 262 g/mol. The van der Waals surface area contributed by atoms with Crippen LogP contribution in [0.3, 0.4) is 0 Å². The van der Waals surface area contributed by atoms with E-state index in [1.54, 1.807) is 25.5 Å². The summed E-state index contributed by atoms with van der Waals surface area (Å²) < 4.78 is 5.02. The minimum Gasteiger partial charge on any atom is -0.504 e. The lowest BCUT2D eigenvalue weighted by atomic mass is 10.00. The van der Waals surface area contributed by atoms with E-state index in [0.717, 1.165) is 5.56 Å². The third-order valence-corrected chi connectivity index (χ3v) is 3.69. The van der Waals surface area contributed by atoms with Gasteiger partial charge in [-0.25, -0.2) is 0 Å². The Labute approximate surface area is 114 Å². The lowest BCUT2D eigenvalue weighted by molar-refractivity contribution is 0.109. The molecule has 19 heavy (non-hydrogen) atoms. The third kappa shape index (κ3) is 3.19. The highest BCUT2D eigenvalue weighted by Crippen LogP contribution is 2.26. The summed E-state index contributed by atoms with van der Waals surface area (Å²) in [6, 6.07) is 6.27. The number of aromatic hydroxyl groups is 1. The van der Waals surface area contributed by atoms with Gasteiger partial charge in [0.2, 0.25) is 0 Å². The molecular weight excluding hydrogens is 240 g/mol. The standard InChI is InChI=1S/C15H22N2O2/c1-11-5-4-6-12(2)17(11)16-10-13-7-8-15(19-3)14(18)9-13/h7-12,18H,4-6H2,1-3H3/b16-10-/t11-,12-/m0/s1. The molecule has 2 atom stereocenters. The SMILES string of the molecule is COc1ccc(/C=N\N2[C@@H](C)CCC[C@@H]2C)cc1O. The number of piperidine rings is 1. The van der Waals surface area contributed by atoms with Crippen molar-refractivity contribution in [1.82, 2.24) is 5.01 Å². The van der Waals surface area contributed by atoms with E-state index in [0.29, 0.717) is 17.8 Å². The van der Waals surface area contributed by atoms with Crippen molar-refractivity contribution in [3.05, 3.63) is 23.8 Å².